The van der Waals surface area contributed by atoms with Gasteiger partial charge in [-0.25, -0.2) is 0 Å². The molecule has 12 heavy (non-hydrogen) atoms. The Kier molecular flexibility index (Phi) is 10.3. The van der Waals surface area contributed by atoms with E-state index in [4.69, 9.17) is 0 Å². The molecule has 0 saturated carbocycles. The SMILES string of the molecule is CCCCC[N]([Ti])CCCCC. The van der Waals surface area contributed by atoms with Crippen LogP contribution in [0.4, 0.5) is 0 Å². The molecule has 0 aromatic carbocycles. The number of hydrogen-bond acceptors (Lipinski definition) is 1. The number of unbranched alkanes of at least 4 members (excludes halogenated alkanes) is 4. The first kappa shape index (κ1) is 12.7. The summed E-state index contributed by atoms with van der Waals surface area (Å²) in [5.74, 6) is 0. The van der Waals surface area contributed by atoms with Gasteiger partial charge in [0.15, 0.2) is 0 Å². The van der Waals surface area contributed by atoms with Crippen molar-refractivity contribution in [3.8, 4) is 0 Å². The monoisotopic (exact) mass is 204 g/mol. The van der Waals surface area contributed by atoms with E-state index < -0.39 is 0 Å². The Morgan fingerprint density at radius 2 is 1.25 bits per heavy atom. The van der Waals surface area contributed by atoms with E-state index in [2.05, 4.69) is 37.9 Å². The Labute approximate surface area is 89.6 Å². The molecule has 2 heteroatoms. The topological polar surface area (TPSA) is 3.24 Å². The summed E-state index contributed by atoms with van der Waals surface area (Å²) in [4.78, 5) is 0. The zero-order valence-electron chi connectivity index (χ0n) is 8.60. The summed E-state index contributed by atoms with van der Waals surface area (Å²) in [5, 5.41) is 0. The van der Waals surface area contributed by atoms with Crippen LogP contribution in [0, 0.1) is 0 Å². The first-order valence-electron chi connectivity index (χ1n) is 5.27. The predicted molar refractivity (Wildman–Crippen MR) is 50.6 cm³/mol. The van der Waals surface area contributed by atoms with Crippen molar-refractivity contribution in [2.75, 3.05) is 13.1 Å². The van der Waals surface area contributed by atoms with Gasteiger partial charge in [0.05, 0.1) is 0 Å². The maximum atomic E-state index is 2.46. The van der Waals surface area contributed by atoms with Crippen molar-refractivity contribution in [1.29, 1.82) is 0 Å². The van der Waals surface area contributed by atoms with E-state index in [9.17, 15) is 0 Å². The minimum atomic E-state index is 1.29. The minimum absolute atomic E-state index is 1.29. The molecule has 0 rings (SSSR count). The van der Waals surface area contributed by atoms with E-state index in [0.29, 0.717) is 0 Å². The van der Waals surface area contributed by atoms with Gasteiger partial charge in [0.25, 0.3) is 0 Å². The van der Waals surface area contributed by atoms with Crippen LogP contribution in [0.1, 0.15) is 52.4 Å². The molecule has 0 aromatic heterocycles. The van der Waals surface area contributed by atoms with Crippen LogP contribution in [0.3, 0.4) is 0 Å². The molecular formula is C10H22NTi. The van der Waals surface area contributed by atoms with Gasteiger partial charge in [-0.2, -0.15) is 0 Å². The van der Waals surface area contributed by atoms with Gasteiger partial charge in [0.2, 0.25) is 0 Å². The van der Waals surface area contributed by atoms with Gasteiger partial charge in [0, 0.05) is 0 Å². The second-order valence-electron chi connectivity index (χ2n) is 3.40. The Hall–Kier alpha value is 0.674. The Balaban J connectivity index is 3.04. The fourth-order valence-electron chi connectivity index (χ4n) is 1.22. The molecule has 1 nitrogen and oxygen atoms in total. The van der Waals surface area contributed by atoms with Crippen molar-refractivity contribution >= 4 is 0 Å². The van der Waals surface area contributed by atoms with Crippen LogP contribution in [0.2, 0.25) is 0 Å². The summed E-state index contributed by atoms with van der Waals surface area (Å²) in [5.41, 5.74) is 0. The first-order chi connectivity index (χ1) is 5.81. The molecule has 0 heterocycles. The molecular weight excluding hydrogens is 182 g/mol. The third-order valence-corrected chi connectivity index (χ3v) is 2.76. The molecule has 0 atom stereocenters. The molecule has 0 radical (unpaired) electrons. The fraction of sp³-hybridized carbons (Fsp3) is 1.00. The second-order valence-corrected chi connectivity index (χ2v) is 4.39. The van der Waals surface area contributed by atoms with E-state index in [1.807, 2.05) is 0 Å². The zero-order chi connectivity index (χ0) is 9.23. The third-order valence-electron chi connectivity index (χ3n) is 2.06. The van der Waals surface area contributed by atoms with Crippen molar-refractivity contribution in [3.05, 3.63) is 0 Å². The van der Waals surface area contributed by atoms with E-state index in [1.165, 1.54) is 51.6 Å². The molecule has 0 N–H and O–H groups in total. The Bertz CT molecular complexity index is 75.9. The van der Waals surface area contributed by atoms with E-state index in [1.54, 1.807) is 0 Å². The van der Waals surface area contributed by atoms with Gasteiger partial charge in [0.1, 0.15) is 0 Å². The molecule has 71 valence electrons. The number of nitrogens with zero attached hydrogens (tertiary/aromatic N) is 1. The van der Waals surface area contributed by atoms with Crippen molar-refractivity contribution in [2.45, 2.75) is 52.4 Å². The van der Waals surface area contributed by atoms with E-state index in [-0.39, 0.29) is 0 Å². The van der Waals surface area contributed by atoms with Crippen LogP contribution >= 0.6 is 0 Å². The van der Waals surface area contributed by atoms with Gasteiger partial charge >= 0.3 is 89.5 Å². The van der Waals surface area contributed by atoms with Crippen molar-refractivity contribution < 1.29 is 20.7 Å². The Morgan fingerprint density at radius 1 is 0.833 bits per heavy atom. The predicted octanol–water partition coefficient (Wildman–Crippen LogP) is 3.13. The normalized spacial score (nSPS) is 10.8. The molecule has 0 amide bonds. The van der Waals surface area contributed by atoms with Crippen molar-refractivity contribution in [3.63, 3.8) is 0 Å². The molecule has 0 saturated heterocycles. The Morgan fingerprint density at radius 3 is 1.58 bits per heavy atom. The molecule has 0 spiro atoms. The third kappa shape index (κ3) is 8.77. The summed E-state index contributed by atoms with van der Waals surface area (Å²) >= 11 is 2.24. The van der Waals surface area contributed by atoms with Gasteiger partial charge in [-0.1, -0.05) is 0 Å². The summed E-state index contributed by atoms with van der Waals surface area (Å²) in [6.07, 6.45) is 8.19. The van der Waals surface area contributed by atoms with Crippen LogP contribution in [0.25, 0.3) is 0 Å². The zero-order valence-corrected chi connectivity index (χ0v) is 10.2. The van der Waals surface area contributed by atoms with E-state index in [0.717, 1.165) is 0 Å². The molecule has 0 unspecified atom stereocenters. The summed E-state index contributed by atoms with van der Waals surface area (Å²) in [6.45, 7) is 7.10. The molecule has 0 fully saturated rings. The van der Waals surface area contributed by atoms with Crippen LogP contribution in [0.15, 0.2) is 0 Å². The van der Waals surface area contributed by atoms with Crippen molar-refractivity contribution in [2.24, 2.45) is 0 Å². The van der Waals surface area contributed by atoms with Gasteiger partial charge < -0.3 is 0 Å². The summed E-state index contributed by atoms with van der Waals surface area (Å²) in [6, 6.07) is 0. The standard InChI is InChI=1S/C10H22N.Ti/c1-3-5-7-9-11-10-8-6-4-2;/h3-10H2,1-2H3;/q-1;+1. The van der Waals surface area contributed by atoms with Crippen LogP contribution in [-0.2, 0) is 20.7 Å². The molecule has 0 aliphatic heterocycles. The summed E-state index contributed by atoms with van der Waals surface area (Å²) < 4.78 is 2.46. The van der Waals surface area contributed by atoms with Gasteiger partial charge in [-0.3, -0.25) is 0 Å². The van der Waals surface area contributed by atoms with Gasteiger partial charge in [-0.15, -0.1) is 0 Å². The molecule has 0 aromatic rings. The average molecular weight is 204 g/mol. The van der Waals surface area contributed by atoms with E-state index >= 15 is 0 Å². The maximum absolute atomic E-state index is 2.46. The second kappa shape index (κ2) is 9.76. The molecule has 0 aliphatic carbocycles. The average Bonchev–Trinajstić information content (AvgIpc) is 2.06. The fourth-order valence-corrected chi connectivity index (χ4v) is 1.71. The van der Waals surface area contributed by atoms with Crippen molar-refractivity contribution in [1.82, 2.24) is 3.38 Å². The first-order valence-corrected chi connectivity index (χ1v) is 5.97. The number of hydrogen-bond donors (Lipinski definition) is 0. The quantitative estimate of drug-likeness (QED) is 0.433. The number of rotatable bonds is 8. The molecule has 0 bridgehead atoms. The molecule has 0 aliphatic rings. The van der Waals surface area contributed by atoms with Crippen LogP contribution in [0.5, 0.6) is 0 Å². The van der Waals surface area contributed by atoms with Crippen LogP contribution < -0.4 is 0 Å². The van der Waals surface area contributed by atoms with Crippen LogP contribution in [-0.4, -0.2) is 16.5 Å². The summed E-state index contributed by atoms with van der Waals surface area (Å²) in [7, 11) is 0. The van der Waals surface area contributed by atoms with Gasteiger partial charge in [-0.05, 0) is 0 Å².